The van der Waals surface area contributed by atoms with Gasteiger partial charge in [0.25, 0.3) is 0 Å². The maximum atomic E-state index is 5.67. The number of likely N-dealkylation sites (N-methyl/N-ethyl adjacent to an activating group) is 2. The molecule has 0 saturated carbocycles. The lowest BCUT2D eigenvalue weighted by molar-refractivity contribution is 0.0246. The average Bonchev–Trinajstić information content (AvgIpc) is 2.91. The van der Waals surface area contributed by atoms with Crippen molar-refractivity contribution in [1.29, 1.82) is 0 Å². The molecule has 2 atom stereocenters. The van der Waals surface area contributed by atoms with Crippen molar-refractivity contribution in [3.63, 3.8) is 0 Å². The van der Waals surface area contributed by atoms with Crippen molar-refractivity contribution in [2.24, 2.45) is 0 Å². The van der Waals surface area contributed by atoms with E-state index in [9.17, 15) is 0 Å². The molecule has 1 N–H and O–H groups in total. The van der Waals surface area contributed by atoms with Crippen molar-refractivity contribution >= 4 is 0 Å². The van der Waals surface area contributed by atoms with Gasteiger partial charge in [-0.25, -0.2) is 0 Å². The van der Waals surface area contributed by atoms with Gasteiger partial charge in [0.15, 0.2) is 5.82 Å². The van der Waals surface area contributed by atoms with Gasteiger partial charge >= 0.3 is 0 Å². The maximum Gasteiger partial charge on any atom is 0.229 e. The highest BCUT2D eigenvalue weighted by Gasteiger charge is 2.28. The first-order chi connectivity index (χ1) is 9.72. The first kappa shape index (κ1) is 13.9. The average molecular weight is 281 g/mol. The van der Waals surface area contributed by atoms with E-state index in [4.69, 9.17) is 9.26 Å². The summed E-state index contributed by atoms with van der Waals surface area (Å²) in [6.45, 7) is 5.58. The summed E-state index contributed by atoms with van der Waals surface area (Å²) in [4.78, 5) is 9.14. The van der Waals surface area contributed by atoms with Crippen molar-refractivity contribution in [3.8, 4) is 0 Å². The number of piperazine rings is 1. The lowest BCUT2D eigenvalue weighted by atomic mass is 10.2. The minimum atomic E-state index is 0.142. The normalized spacial score (nSPS) is 29.7. The second kappa shape index (κ2) is 6.17. The summed E-state index contributed by atoms with van der Waals surface area (Å²) in [5.74, 6) is 1.47. The zero-order chi connectivity index (χ0) is 13.9. The standard InChI is InChI=1S/C13H23N5O2/c1-17-4-5-18(2)11(9-17)13-15-12(20-16-13)7-10-8-14-3-6-19-10/h10-11,14H,3-9H2,1-2H3. The summed E-state index contributed by atoms with van der Waals surface area (Å²) >= 11 is 0. The molecular formula is C13H23N5O2. The number of morpholine rings is 1. The van der Waals surface area contributed by atoms with Gasteiger partial charge in [-0.05, 0) is 14.1 Å². The maximum absolute atomic E-state index is 5.67. The molecule has 3 heterocycles. The molecule has 2 aliphatic heterocycles. The fourth-order valence-corrected chi connectivity index (χ4v) is 2.72. The number of ether oxygens (including phenoxy) is 1. The van der Waals surface area contributed by atoms with Gasteiger partial charge in [-0.2, -0.15) is 4.98 Å². The SMILES string of the molecule is CN1CCN(C)C(c2noc(CC3CNCCO3)n2)C1. The third-order valence-corrected chi connectivity index (χ3v) is 4.04. The Labute approximate surface area is 119 Å². The quantitative estimate of drug-likeness (QED) is 0.802. The smallest absolute Gasteiger partial charge is 0.229 e. The number of rotatable bonds is 3. The van der Waals surface area contributed by atoms with Crippen LogP contribution in [0.3, 0.4) is 0 Å². The lowest BCUT2D eigenvalue weighted by Gasteiger charge is -2.35. The monoisotopic (exact) mass is 281 g/mol. The molecule has 2 saturated heterocycles. The molecule has 0 aliphatic carbocycles. The van der Waals surface area contributed by atoms with Crippen molar-refractivity contribution in [2.45, 2.75) is 18.6 Å². The van der Waals surface area contributed by atoms with Crippen LogP contribution in [0.2, 0.25) is 0 Å². The van der Waals surface area contributed by atoms with Gasteiger partial charge in [0.05, 0.1) is 25.2 Å². The Bertz CT molecular complexity index is 432. The van der Waals surface area contributed by atoms with Crippen LogP contribution in [0.4, 0.5) is 0 Å². The van der Waals surface area contributed by atoms with Gasteiger partial charge in [0, 0.05) is 32.7 Å². The number of nitrogens with zero attached hydrogens (tertiary/aromatic N) is 4. The predicted molar refractivity (Wildman–Crippen MR) is 73.5 cm³/mol. The van der Waals surface area contributed by atoms with Crippen LogP contribution in [0.15, 0.2) is 4.52 Å². The number of hydrogen-bond acceptors (Lipinski definition) is 7. The molecule has 2 unspecified atom stereocenters. The molecule has 2 aliphatic rings. The van der Waals surface area contributed by atoms with E-state index >= 15 is 0 Å². The molecule has 112 valence electrons. The predicted octanol–water partition coefficient (Wildman–Crippen LogP) is -0.481. The molecule has 1 aromatic heterocycles. The first-order valence-corrected chi connectivity index (χ1v) is 7.26. The van der Waals surface area contributed by atoms with Crippen LogP contribution >= 0.6 is 0 Å². The van der Waals surface area contributed by atoms with Crippen LogP contribution in [-0.2, 0) is 11.2 Å². The van der Waals surface area contributed by atoms with Crippen LogP contribution < -0.4 is 5.32 Å². The van der Waals surface area contributed by atoms with Crippen molar-refractivity contribution in [2.75, 3.05) is 53.4 Å². The molecule has 0 aromatic carbocycles. The third-order valence-electron chi connectivity index (χ3n) is 4.04. The summed E-state index contributed by atoms with van der Waals surface area (Å²) < 4.78 is 11.1. The van der Waals surface area contributed by atoms with Crippen LogP contribution in [-0.4, -0.2) is 79.5 Å². The number of hydrogen-bond donors (Lipinski definition) is 1. The number of aromatic nitrogens is 2. The molecule has 0 bridgehead atoms. The molecule has 20 heavy (non-hydrogen) atoms. The summed E-state index contributed by atoms with van der Waals surface area (Å²) in [7, 11) is 4.24. The number of nitrogens with one attached hydrogen (secondary N) is 1. The highest BCUT2D eigenvalue weighted by atomic mass is 16.5. The van der Waals surface area contributed by atoms with E-state index in [1.165, 1.54) is 0 Å². The van der Waals surface area contributed by atoms with E-state index in [2.05, 4.69) is 39.4 Å². The molecule has 7 nitrogen and oxygen atoms in total. The van der Waals surface area contributed by atoms with Gasteiger partial charge in [0.1, 0.15) is 0 Å². The second-order valence-electron chi connectivity index (χ2n) is 5.71. The Morgan fingerprint density at radius 2 is 2.25 bits per heavy atom. The summed E-state index contributed by atoms with van der Waals surface area (Å²) in [5, 5.41) is 7.47. The van der Waals surface area contributed by atoms with E-state index in [0.29, 0.717) is 12.3 Å². The Hall–Kier alpha value is -1.02. The molecular weight excluding hydrogens is 258 g/mol. The zero-order valence-electron chi connectivity index (χ0n) is 12.2. The Morgan fingerprint density at radius 3 is 3.05 bits per heavy atom. The van der Waals surface area contributed by atoms with Gasteiger partial charge < -0.3 is 19.5 Å². The van der Waals surface area contributed by atoms with E-state index in [0.717, 1.165) is 45.2 Å². The van der Waals surface area contributed by atoms with Gasteiger partial charge in [-0.15, -0.1) is 0 Å². The zero-order valence-corrected chi connectivity index (χ0v) is 12.2. The van der Waals surface area contributed by atoms with Crippen LogP contribution in [0.25, 0.3) is 0 Å². The minimum absolute atomic E-state index is 0.142. The Kier molecular flexibility index (Phi) is 4.30. The van der Waals surface area contributed by atoms with Crippen LogP contribution in [0, 0.1) is 0 Å². The van der Waals surface area contributed by atoms with E-state index in [1.807, 2.05) is 0 Å². The third kappa shape index (κ3) is 3.17. The van der Waals surface area contributed by atoms with E-state index < -0.39 is 0 Å². The summed E-state index contributed by atoms with van der Waals surface area (Å²) in [6, 6.07) is 0.219. The van der Waals surface area contributed by atoms with Crippen LogP contribution in [0.1, 0.15) is 17.8 Å². The topological polar surface area (TPSA) is 66.7 Å². The molecule has 7 heteroatoms. The molecule has 0 radical (unpaired) electrons. The minimum Gasteiger partial charge on any atom is -0.375 e. The molecule has 3 rings (SSSR count). The molecule has 1 aromatic rings. The van der Waals surface area contributed by atoms with Crippen molar-refractivity contribution in [3.05, 3.63) is 11.7 Å². The van der Waals surface area contributed by atoms with Gasteiger partial charge in [-0.1, -0.05) is 5.16 Å². The van der Waals surface area contributed by atoms with Crippen molar-refractivity contribution < 1.29 is 9.26 Å². The van der Waals surface area contributed by atoms with Crippen molar-refractivity contribution in [1.82, 2.24) is 25.3 Å². The highest BCUT2D eigenvalue weighted by Crippen LogP contribution is 2.21. The van der Waals surface area contributed by atoms with Gasteiger partial charge in [-0.3, -0.25) is 4.90 Å². The summed E-state index contributed by atoms with van der Waals surface area (Å²) in [5.41, 5.74) is 0. The van der Waals surface area contributed by atoms with Crippen LogP contribution in [0.5, 0.6) is 0 Å². The molecule has 0 amide bonds. The lowest BCUT2D eigenvalue weighted by Crippen LogP contribution is -2.45. The largest absolute Gasteiger partial charge is 0.375 e. The molecule has 0 spiro atoms. The van der Waals surface area contributed by atoms with E-state index in [1.54, 1.807) is 0 Å². The van der Waals surface area contributed by atoms with E-state index in [-0.39, 0.29) is 12.1 Å². The Balaban J connectivity index is 1.63. The first-order valence-electron chi connectivity index (χ1n) is 7.26. The molecule has 2 fully saturated rings. The fourth-order valence-electron chi connectivity index (χ4n) is 2.72. The van der Waals surface area contributed by atoms with Gasteiger partial charge in [0.2, 0.25) is 5.89 Å². The highest BCUT2D eigenvalue weighted by molar-refractivity contribution is 4.98. The fraction of sp³-hybridized carbons (Fsp3) is 0.846. The Morgan fingerprint density at radius 1 is 1.35 bits per heavy atom. The second-order valence-corrected chi connectivity index (χ2v) is 5.71. The summed E-state index contributed by atoms with van der Waals surface area (Å²) in [6.07, 6.45) is 0.829.